The summed E-state index contributed by atoms with van der Waals surface area (Å²) in [5, 5.41) is 13.8. The molecule has 8 heteroatoms. The van der Waals surface area contributed by atoms with E-state index >= 15 is 0 Å². The van der Waals surface area contributed by atoms with Crippen molar-refractivity contribution < 1.29 is 23.1 Å². The summed E-state index contributed by atoms with van der Waals surface area (Å²) in [5.41, 5.74) is 0.913. The van der Waals surface area contributed by atoms with Crippen molar-refractivity contribution in [2.75, 3.05) is 12.0 Å². The summed E-state index contributed by atoms with van der Waals surface area (Å²) in [5.74, 6) is -1.14. The maximum Gasteiger partial charge on any atom is 0.335 e. The highest BCUT2D eigenvalue weighted by molar-refractivity contribution is 7.90. The molecular weight excluding hydrogens is 296 g/mol. The molecule has 0 aromatic heterocycles. The highest BCUT2D eigenvalue weighted by atomic mass is 32.2. The number of carboxylic acids is 1. The van der Waals surface area contributed by atoms with Crippen LogP contribution in [0.15, 0.2) is 24.3 Å². The third-order valence-corrected chi connectivity index (χ3v) is 3.69. The monoisotopic (exact) mass is 314 g/mol. The predicted octanol–water partition coefficient (Wildman–Crippen LogP) is 0.617. The van der Waals surface area contributed by atoms with E-state index in [1.54, 1.807) is 19.1 Å². The van der Waals surface area contributed by atoms with Gasteiger partial charge in [-0.25, -0.2) is 18.0 Å². The number of amides is 2. The highest BCUT2D eigenvalue weighted by Gasteiger charge is 2.12. The largest absolute Gasteiger partial charge is 0.478 e. The summed E-state index contributed by atoms with van der Waals surface area (Å²) in [6.45, 7) is 1.82. The second kappa shape index (κ2) is 7.07. The first-order valence-corrected chi connectivity index (χ1v) is 8.28. The average molecular weight is 314 g/mol. The van der Waals surface area contributed by atoms with Gasteiger partial charge in [0.2, 0.25) is 0 Å². The fourth-order valence-corrected chi connectivity index (χ4v) is 2.71. The number of hydrogen-bond donors (Lipinski definition) is 3. The molecule has 0 fully saturated rings. The van der Waals surface area contributed by atoms with Crippen LogP contribution in [0.25, 0.3) is 0 Å². The molecule has 0 bridgehead atoms. The van der Waals surface area contributed by atoms with Crippen LogP contribution in [0, 0.1) is 0 Å². The lowest BCUT2D eigenvalue weighted by atomic mass is 10.1. The van der Waals surface area contributed by atoms with Gasteiger partial charge >= 0.3 is 12.0 Å². The quantitative estimate of drug-likeness (QED) is 0.712. The van der Waals surface area contributed by atoms with Gasteiger partial charge in [-0.3, -0.25) is 0 Å². The van der Waals surface area contributed by atoms with E-state index in [1.807, 2.05) is 0 Å². The third-order valence-electron chi connectivity index (χ3n) is 2.58. The Hall–Kier alpha value is -2.09. The second-order valence-corrected chi connectivity index (χ2v) is 7.01. The third kappa shape index (κ3) is 6.75. The van der Waals surface area contributed by atoms with Crippen molar-refractivity contribution in [1.82, 2.24) is 10.6 Å². The number of carboxylic acid groups (broad SMARTS) is 1. The molecule has 0 saturated heterocycles. The Kier molecular flexibility index (Phi) is 5.71. The van der Waals surface area contributed by atoms with Crippen molar-refractivity contribution in [2.45, 2.75) is 19.5 Å². The molecular formula is C13H18N2O5S. The predicted molar refractivity (Wildman–Crippen MR) is 77.9 cm³/mol. The van der Waals surface area contributed by atoms with Crippen molar-refractivity contribution >= 4 is 21.8 Å². The van der Waals surface area contributed by atoms with Gasteiger partial charge in [-0.1, -0.05) is 12.1 Å². The van der Waals surface area contributed by atoms with Gasteiger partial charge in [0.1, 0.15) is 9.84 Å². The molecule has 7 nitrogen and oxygen atoms in total. The van der Waals surface area contributed by atoms with E-state index < -0.39 is 27.9 Å². The van der Waals surface area contributed by atoms with Crippen molar-refractivity contribution in [2.24, 2.45) is 0 Å². The number of aromatic carboxylic acids is 1. The number of rotatable bonds is 6. The molecule has 116 valence electrons. The van der Waals surface area contributed by atoms with Gasteiger partial charge < -0.3 is 15.7 Å². The molecule has 0 saturated carbocycles. The summed E-state index contributed by atoms with van der Waals surface area (Å²) < 4.78 is 22.1. The number of urea groups is 1. The van der Waals surface area contributed by atoms with Crippen molar-refractivity contribution in [1.29, 1.82) is 0 Å². The molecule has 0 heterocycles. The van der Waals surface area contributed by atoms with Crippen LogP contribution >= 0.6 is 0 Å². The summed E-state index contributed by atoms with van der Waals surface area (Å²) >= 11 is 0. The van der Waals surface area contributed by atoms with Crippen LogP contribution in [0.2, 0.25) is 0 Å². The van der Waals surface area contributed by atoms with E-state index in [4.69, 9.17) is 5.11 Å². The van der Waals surface area contributed by atoms with Gasteiger partial charge in [0, 0.05) is 18.8 Å². The topological polar surface area (TPSA) is 113 Å². The number of carbonyl (C=O) groups excluding carboxylic acids is 1. The molecule has 1 atom stereocenters. The van der Waals surface area contributed by atoms with Gasteiger partial charge in [-0.2, -0.15) is 0 Å². The normalized spacial score (nSPS) is 12.5. The average Bonchev–Trinajstić information content (AvgIpc) is 2.34. The van der Waals surface area contributed by atoms with Gasteiger partial charge in [0.05, 0.1) is 11.3 Å². The van der Waals surface area contributed by atoms with Crippen LogP contribution < -0.4 is 10.6 Å². The molecule has 21 heavy (non-hydrogen) atoms. The Morgan fingerprint density at radius 1 is 1.24 bits per heavy atom. The standard InChI is InChI=1S/C13H18N2O5S/c1-9(8-21(2,19)20)15-13(18)14-7-10-3-5-11(6-4-10)12(16)17/h3-6,9H,7-8H2,1-2H3,(H,16,17)(H2,14,15,18). The Balaban J connectivity index is 2.44. The van der Waals surface area contributed by atoms with Crippen LogP contribution in [0.3, 0.4) is 0 Å². The minimum absolute atomic E-state index is 0.131. The zero-order chi connectivity index (χ0) is 16.0. The van der Waals surface area contributed by atoms with E-state index in [1.165, 1.54) is 12.1 Å². The molecule has 0 aliphatic rings. The van der Waals surface area contributed by atoms with E-state index in [9.17, 15) is 18.0 Å². The van der Waals surface area contributed by atoms with E-state index in [0.29, 0.717) is 0 Å². The zero-order valence-corrected chi connectivity index (χ0v) is 12.6. The van der Waals surface area contributed by atoms with Crippen LogP contribution in [0.4, 0.5) is 4.79 Å². The maximum absolute atomic E-state index is 11.6. The lowest BCUT2D eigenvalue weighted by Crippen LogP contribution is -2.43. The molecule has 1 rings (SSSR count). The fraction of sp³-hybridized carbons (Fsp3) is 0.385. The molecule has 0 spiro atoms. The van der Waals surface area contributed by atoms with Gasteiger partial charge in [0.15, 0.2) is 0 Å². The number of carbonyl (C=O) groups is 2. The van der Waals surface area contributed by atoms with Crippen LogP contribution in [-0.4, -0.2) is 43.6 Å². The molecule has 1 unspecified atom stereocenters. The van der Waals surface area contributed by atoms with Crippen LogP contribution in [-0.2, 0) is 16.4 Å². The SMILES string of the molecule is CC(CS(C)(=O)=O)NC(=O)NCc1ccc(C(=O)O)cc1. The lowest BCUT2D eigenvalue weighted by molar-refractivity contribution is 0.0697. The smallest absolute Gasteiger partial charge is 0.335 e. The van der Waals surface area contributed by atoms with Crippen molar-refractivity contribution in [3.8, 4) is 0 Å². The van der Waals surface area contributed by atoms with E-state index in [2.05, 4.69) is 10.6 Å². The zero-order valence-electron chi connectivity index (χ0n) is 11.8. The van der Waals surface area contributed by atoms with E-state index in [0.717, 1.165) is 11.8 Å². The summed E-state index contributed by atoms with van der Waals surface area (Å²) in [7, 11) is -3.15. The van der Waals surface area contributed by atoms with Gasteiger partial charge in [0.25, 0.3) is 0 Å². The molecule has 0 radical (unpaired) electrons. The first kappa shape index (κ1) is 17.0. The molecule has 0 aliphatic heterocycles. The minimum atomic E-state index is -3.15. The molecule has 0 aliphatic carbocycles. The fourth-order valence-electron chi connectivity index (χ4n) is 1.72. The Bertz CT molecular complexity index is 610. The first-order chi connectivity index (χ1) is 9.67. The second-order valence-electron chi connectivity index (χ2n) is 4.82. The number of benzene rings is 1. The number of nitrogens with one attached hydrogen (secondary N) is 2. The summed E-state index contributed by atoms with van der Waals surface area (Å²) in [4.78, 5) is 22.3. The van der Waals surface area contributed by atoms with Gasteiger partial charge in [-0.15, -0.1) is 0 Å². The molecule has 1 aromatic rings. The van der Waals surface area contributed by atoms with Crippen LogP contribution in [0.5, 0.6) is 0 Å². The van der Waals surface area contributed by atoms with E-state index in [-0.39, 0.29) is 17.9 Å². The molecule has 1 aromatic carbocycles. The van der Waals surface area contributed by atoms with Crippen molar-refractivity contribution in [3.63, 3.8) is 0 Å². The summed E-state index contributed by atoms with van der Waals surface area (Å²) in [6, 6.07) is 5.13. The first-order valence-electron chi connectivity index (χ1n) is 6.21. The summed E-state index contributed by atoms with van der Waals surface area (Å²) in [6.07, 6.45) is 1.10. The molecule has 3 N–H and O–H groups in total. The maximum atomic E-state index is 11.6. The van der Waals surface area contributed by atoms with Crippen molar-refractivity contribution in [3.05, 3.63) is 35.4 Å². The Morgan fingerprint density at radius 2 is 1.81 bits per heavy atom. The lowest BCUT2D eigenvalue weighted by Gasteiger charge is -2.13. The minimum Gasteiger partial charge on any atom is -0.478 e. The Morgan fingerprint density at radius 3 is 2.29 bits per heavy atom. The van der Waals surface area contributed by atoms with Gasteiger partial charge in [-0.05, 0) is 24.6 Å². The highest BCUT2D eigenvalue weighted by Crippen LogP contribution is 2.04. The Labute approximate surface area is 123 Å². The molecule has 2 amide bonds. The number of sulfone groups is 1. The van der Waals surface area contributed by atoms with Crippen LogP contribution in [0.1, 0.15) is 22.8 Å². The number of hydrogen-bond acceptors (Lipinski definition) is 4.